The molecule has 0 aromatic heterocycles. The van der Waals surface area contributed by atoms with Gasteiger partial charge in [-0.15, -0.1) is 0 Å². The molecule has 0 unspecified atom stereocenters. The van der Waals surface area contributed by atoms with E-state index < -0.39 is 21.2 Å². The number of nitrogens with zero attached hydrogens (tertiary/aromatic N) is 1. The molecule has 2 aliphatic rings. The van der Waals surface area contributed by atoms with Crippen LogP contribution in [0.2, 0.25) is 0 Å². The molecular weight excluding hydrogens is 343 g/mol. The number of amides is 1. The molecule has 5 heteroatoms. The summed E-state index contributed by atoms with van der Waals surface area (Å²) in [5, 5.41) is 3.29. The van der Waals surface area contributed by atoms with Crippen LogP contribution in [-0.4, -0.2) is 40.9 Å². The zero-order chi connectivity index (χ0) is 13.0. The van der Waals surface area contributed by atoms with E-state index in [1.54, 1.807) is 0 Å². The average molecular weight is 366 g/mol. The van der Waals surface area contributed by atoms with Crippen LogP contribution in [0, 0.1) is 5.92 Å². The van der Waals surface area contributed by atoms with Gasteiger partial charge in [-0.1, -0.05) is 0 Å². The minimum atomic E-state index is -0.860. The molecule has 1 N–H and O–H groups in total. The molecule has 0 aromatic carbocycles. The summed E-state index contributed by atoms with van der Waals surface area (Å²) in [6, 6.07) is 0.579. The normalized spacial score (nSPS) is 30.4. The van der Waals surface area contributed by atoms with E-state index in [4.69, 9.17) is 0 Å². The molecule has 0 atom stereocenters. The van der Waals surface area contributed by atoms with E-state index in [-0.39, 0.29) is 5.92 Å². The van der Waals surface area contributed by atoms with Crippen molar-refractivity contribution in [3.05, 3.63) is 0 Å². The van der Waals surface area contributed by atoms with Crippen LogP contribution < -0.4 is 5.32 Å². The van der Waals surface area contributed by atoms with Crippen LogP contribution in [0.4, 0.5) is 0 Å². The van der Waals surface area contributed by atoms with Gasteiger partial charge >= 0.3 is 0 Å². The van der Waals surface area contributed by atoms with Gasteiger partial charge in [-0.05, 0) is 45.6 Å². The van der Waals surface area contributed by atoms with E-state index >= 15 is 0 Å². The van der Waals surface area contributed by atoms with Gasteiger partial charge in [0, 0.05) is 29.0 Å². The van der Waals surface area contributed by atoms with Crippen molar-refractivity contribution in [3.63, 3.8) is 0 Å². The quantitative estimate of drug-likeness (QED) is 0.615. The fourth-order valence-corrected chi connectivity index (χ4v) is 4.26. The Bertz CT molecular complexity index is 295. The van der Waals surface area contributed by atoms with E-state index in [0.717, 1.165) is 51.6 Å². The molecule has 18 heavy (non-hydrogen) atoms. The van der Waals surface area contributed by atoms with Crippen LogP contribution in [-0.2, 0) is 7.86 Å². The number of hydrogen-bond acceptors (Lipinski definition) is 3. The predicted molar refractivity (Wildman–Crippen MR) is 79.1 cm³/mol. The van der Waals surface area contributed by atoms with Gasteiger partial charge in [-0.3, -0.25) is 7.86 Å². The van der Waals surface area contributed by atoms with E-state index in [0.29, 0.717) is 15.9 Å². The van der Waals surface area contributed by atoms with Gasteiger partial charge in [0.05, 0.1) is 0 Å². The number of piperidine rings is 1. The number of carbonyl (C=O) groups is 1. The van der Waals surface area contributed by atoms with Crippen LogP contribution in [0.5, 0.6) is 0 Å². The van der Waals surface area contributed by atoms with E-state index in [2.05, 4.69) is 5.32 Å². The molecule has 1 aliphatic heterocycles. The maximum Gasteiger partial charge on any atom is 0.225 e. The fourth-order valence-electron chi connectivity index (χ4n) is 3.04. The number of carbonyl (C=O) groups excluding carboxylic acids is 1. The molecule has 104 valence electrons. The van der Waals surface area contributed by atoms with Crippen molar-refractivity contribution in [3.8, 4) is 0 Å². The van der Waals surface area contributed by atoms with E-state index in [1.165, 1.54) is 0 Å². The van der Waals surface area contributed by atoms with Crippen molar-refractivity contribution in [2.75, 3.05) is 20.1 Å². The lowest BCUT2D eigenvalue weighted by atomic mass is 9.87. The third-order valence-electron chi connectivity index (χ3n) is 4.35. The van der Waals surface area contributed by atoms with Crippen molar-refractivity contribution >= 4 is 27.1 Å². The van der Waals surface area contributed by atoms with Crippen LogP contribution in [0.25, 0.3) is 0 Å². The molecule has 1 amide bonds. The Kier molecular flexibility index (Phi) is 5.54. The summed E-state index contributed by atoms with van der Waals surface area (Å²) in [5.41, 5.74) is 0. The summed E-state index contributed by atoms with van der Waals surface area (Å²) < 4.78 is 11.4. The maximum atomic E-state index is 12.4. The van der Waals surface area contributed by atoms with Crippen molar-refractivity contribution in [1.82, 2.24) is 10.2 Å². The molecule has 2 fully saturated rings. The Hall–Kier alpha value is -0.0400. The van der Waals surface area contributed by atoms with Crippen LogP contribution in [0.15, 0.2) is 0 Å². The third kappa shape index (κ3) is 3.50. The summed E-state index contributed by atoms with van der Waals surface area (Å²) in [7, 11) is 2.00. The molecule has 4 nitrogen and oxygen atoms in total. The standard InChI is InChI=1S/C13H23IN2O2/c1-15-12-6-8-16(9-7-12)13(17)10-2-4-11(14-18)5-3-10/h10-12,15H,2-9H2,1H3. The molecule has 1 saturated heterocycles. The molecular formula is C13H23IN2O2. The van der Waals surface area contributed by atoms with Gasteiger partial charge in [0.1, 0.15) is 21.2 Å². The number of hydrogen-bond donors (Lipinski definition) is 1. The highest BCUT2D eigenvalue weighted by atomic mass is 127. The topological polar surface area (TPSA) is 49.4 Å². The fraction of sp³-hybridized carbons (Fsp3) is 0.923. The van der Waals surface area contributed by atoms with Gasteiger partial charge in [0.2, 0.25) is 5.91 Å². The number of nitrogens with one attached hydrogen (secondary N) is 1. The van der Waals surface area contributed by atoms with Gasteiger partial charge in [0.15, 0.2) is 0 Å². The summed E-state index contributed by atoms with van der Waals surface area (Å²) in [4.78, 5) is 14.4. The highest BCUT2D eigenvalue weighted by molar-refractivity contribution is 14.1. The van der Waals surface area contributed by atoms with Crippen molar-refractivity contribution in [1.29, 1.82) is 0 Å². The molecule has 0 bridgehead atoms. The van der Waals surface area contributed by atoms with Gasteiger partial charge in [0.25, 0.3) is 0 Å². The number of likely N-dealkylation sites (tertiary alicyclic amines) is 1. The van der Waals surface area contributed by atoms with Gasteiger partial charge < -0.3 is 10.2 Å². The second kappa shape index (κ2) is 6.93. The Morgan fingerprint density at radius 2 is 1.72 bits per heavy atom. The Morgan fingerprint density at radius 3 is 2.22 bits per heavy atom. The average Bonchev–Trinajstić information content (AvgIpc) is 2.47. The molecule has 1 saturated carbocycles. The highest BCUT2D eigenvalue weighted by Crippen LogP contribution is 2.32. The zero-order valence-electron chi connectivity index (χ0n) is 11.0. The highest BCUT2D eigenvalue weighted by Gasteiger charge is 2.31. The first-order valence-electron chi connectivity index (χ1n) is 6.96. The third-order valence-corrected chi connectivity index (χ3v) is 6.31. The number of rotatable bonds is 3. The van der Waals surface area contributed by atoms with Gasteiger partial charge in [-0.2, -0.15) is 0 Å². The second-order valence-electron chi connectivity index (χ2n) is 5.43. The van der Waals surface area contributed by atoms with Crippen LogP contribution >= 0.6 is 21.2 Å². The zero-order valence-corrected chi connectivity index (χ0v) is 13.2. The molecule has 1 aliphatic carbocycles. The minimum absolute atomic E-state index is 0.211. The maximum absolute atomic E-state index is 12.4. The lowest BCUT2D eigenvalue weighted by Gasteiger charge is -2.35. The molecule has 0 spiro atoms. The molecule has 0 aromatic rings. The molecule has 2 rings (SSSR count). The molecule has 1 heterocycles. The Labute approximate surface area is 120 Å². The number of halogens is 1. The second-order valence-corrected chi connectivity index (χ2v) is 7.70. The lowest BCUT2D eigenvalue weighted by Crippen LogP contribution is -2.46. The van der Waals surface area contributed by atoms with Crippen molar-refractivity contribution in [2.45, 2.75) is 48.5 Å². The first-order chi connectivity index (χ1) is 8.74. The summed E-state index contributed by atoms with van der Waals surface area (Å²) >= 11 is -0.860. The first-order valence-corrected chi connectivity index (χ1v) is 9.09. The smallest absolute Gasteiger partial charge is 0.225 e. The largest absolute Gasteiger partial charge is 0.342 e. The predicted octanol–water partition coefficient (Wildman–Crippen LogP) is 2.07. The Balaban J connectivity index is 1.80. The van der Waals surface area contributed by atoms with Crippen LogP contribution in [0.1, 0.15) is 38.5 Å². The summed E-state index contributed by atoms with van der Waals surface area (Å²) in [6.07, 6.45) is 6.06. The van der Waals surface area contributed by atoms with E-state index in [9.17, 15) is 7.86 Å². The van der Waals surface area contributed by atoms with Crippen molar-refractivity contribution in [2.24, 2.45) is 5.92 Å². The van der Waals surface area contributed by atoms with Crippen LogP contribution in [0.3, 0.4) is 0 Å². The van der Waals surface area contributed by atoms with E-state index in [1.807, 2.05) is 11.9 Å². The first kappa shape index (κ1) is 14.4. The SMILES string of the molecule is CNC1CCN(C(=O)C2CCC(I=O)CC2)CC1. The lowest BCUT2D eigenvalue weighted by molar-refractivity contribution is -0.137. The minimum Gasteiger partial charge on any atom is -0.342 e. The monoisotopic (exact) mass is 366 g/mol. The van der Waals surface area contributed by atoms with Gasteiger partial charge in [-0.25, -0.2) is 0 Å². The molecule has 0 radical (unpaired) electrons. The summed E-state index contributed by atoms with van der Waals surface area (Å²) in [6.45, 7) is 1.80. The number of alkyl halides is 1. The summed E-state index contributed by atoms with van der Waals surface area (Å²) in [5.74, 6) is 0.565. The van der Waals surface area contributed by atoms with Crippen molar-refractivity contribution < 1.29 is 7.86 Å². The Morgan fingerprint density at radius 1 is 1.11 bits per heavy atom.